The van der Waals surface area contributed by atoms with E-state index >= 15 is 0 Å². The summed E-state index contributed by atoms with van der Waals surface area (Å²) in [6.07, 6.45) is 0.270. The average Bonchev–Trinajstić information content (AvgIpc) is 3.35. The predicted molar refractivity (Wildman–Crippen MR) is 114 cm³/mol. The molecule has 8 nitrogen and oxygen atoms in total. The molecule has 1 aliphatic rings. The number of anilines is 2. The van der Waals surface area contributed by atoms with E-state index in [-0.39, 0.29) is 24.0 Å². The Morgan fingerprint density at radius 2 is 2.00 bits per heavy atom. The Balaban J connectivity index is 1.49. The molecule has 156 valence electrons. The number of benzene rings is 2. The zero-order chi connectivity index (χ0) is 21.3. The standard InChI is InChI=1S/C20H19ClN4O4S/c1-2-30(27,28)24-16-8-6-13(7-9-16)19-22-20(29-23-19)14-10-18(26)25(12-14)17-5-3-4-15(21)11-17/h3-9,11,14,24H,2,10,12H2,1H3. The number of hydrogen-bond donors (Lipinski definition) is 1. The third-order valence-corrected chi connectivity index (χ3v) is 6.37. The van der Waals surface area contributed by atoms with Crippen molar-refractivity contribution in [3.8, 4) is 11.4 Å². The molecular weight excluding hydrogens is 428 g/mol. The van der Waals surface area contributed by atoms with Crippen molar-refractivity contribution in [2.75, 3.05) is 21.9 Å². The van der Waals surface area contributed by atoms with Crippen molar-refractivity contribution in [2.24, 2.45) is 0 Å². The van der Waals surface area contributed by atoms with Gasteiger partial charge in [0.25, 0.3) is 0 Å². The second kappa shape index (κ2) is 8.08. The molecule has 4 rings (SSSR count). The first-order chi connectivity index (χ1) is 14.3. The number of nitrogens with zero attached hydrogens (tertiary/aromatic N) is 3. The van der Waals surface area contributed by atoms with Gasteiger partial charge in [-0.1, -0.05) is 22.8 Å². The number of hydrogen-bond acceptors (Lipinski definition) is 6. The maximum Gasteiger partial charge on any atom is 0.232 e. The van der Waals surface area contributed by atoms with Crippen LogP contribution in [0.2, 0.25) is 5.02 Å². The molecule has 0 aliphatic carbocycles. The number of sulfonamides is 1. The van der Waals surface area contributed by atoms with Crippen LogP contribution in [0.15, 0.2) is 53.1 Å². The van der Waals surface area contributed by atoms with Crippen molar-refractivity contribution in [1.29, 1.82) is 0 Å². The third kappa shape index (κ3) is 4.31. The van der Waals surface area contributed by atoms with Gasteiger partial charge >= 0.3 is 0 Å². The van der Waals surface area contributed by atoms with Gasteiger partial charge in [-0.3, -0.25) is 9.52 Å². The summed E-state index contributed by atoms with van der Waals surface area (Å²) in [7, 11) is -3.34. The highest BCUT2D eigenvalue weighted by molar-refractivity contribution is 7.92. The molecule has 0 radical (unpaired) electrons. The van der Waals surface area contributed by atoms with E-state index in [1.165, 1.54) is 0 Å². The van der Waals surface area contributed by atoms with E-state index in [9.17, 15) is 13.2 Å². The first-order valence-electron chi connectivity index (χ1n) is 9.35. The second-order valence-corrected chi connectivity index (χ2v) is 9.37. The Morgan fingerprint density at radius 3 is 2.70 bits per heavy atom. The minimum absolute atomic E-state index is 0.00470. The summed E-state index contributed by atoms with van der Waals surface area (Å²) in [6, 6.07) is 13.8. The van der Waals surface area contributed by atoms with Gasteiger partial charge in [0.1, 0.15) is 0 Å². The number of halogens is 1. The van der Waals surface area contributed by atoms with Crippen molar-refractivity contribution >= 4 is 38.9 Å². The zero-order valence-electron chi connectivity index (χ0n) is 16.1. The van der Waals surface area contributed by atoms with Crippen LogP contribution < -0.4 is 9.62 Å². The molecule has 1 N–H and O–H groups in total. The van der Waals surface area contributed by atoms with Gasteiger partial charge in [0.2, 0.25) is 27.6 Å². The van der Waals surface area contributed by atoms with Crippen LogP contribution in [-0.2, 0) is 14.8 Å². The molecule has 0 saturated carbocycles. The molecule has 1 atom stereocenters. The lowest BCUT2D eigenvalue weighted by Crippen LogP contribution is -2.24. The van der Waals surface area contributed by atoms with Crippen molar-refractivity contribution < 1.29 is 17.7 Å². The third-order valence-electron chi connectivity index (χ3n) is 4.83. The summed E-state index contributed by atoms with van der Waals surface area (Å²) >= 11 is 6.03. The van der Waals surface area contributed by atoms with Gasteiger partial charge in [-0.05, 0) is 49.4 Å². The lowest BCUT2D eigenvalue weighted by Gasteiger charge is -2.16. The molecule has 1 amide bonds. The normalized spacial score (nSPS) is 16.8. The Hall–Kier alpha value is -2.91. The Kier molecular flexibility index (Phi) is 5.48. The van der Waals surface area contributed by atoms with Crippen molar-refractivity contribution in [3.05, 3.63) is 59.4 Å². The van der Waals surface area contributed by atoms with E-state index in [4.69, 9.17) is 16.1 Å². The Labute approximate surface area is 178 Å². The number of carbonyl (C=O) groups excluding carboxylic acids is 1. The van der Waals surface area contributed by atoms with Crippen molar-refractivity contribution in [1.82, 2.24) is 10.1 Å². The summed E-state index contributed by atoms with van der Waals surface area (Å²) in [5, 5.41) is 4.58. The fourth-order valence-corrected chi connectivity index (χ4v) is 4.05. The fraction of sp³-hybridized carbons (Fsp3) is 0.250. The largest absolute Gasteiger partial charge is 0.339 e. The molecule has 30 heavy (non-hydrogen) atoms. The van der Waals surface area contributed by atoms with E-state index in [1.54, 1.807) is 54.3 Å². The quantitative estimate of drug-likeness (QED) is 0.619. The molecule has 1 aliphatic heterocycles. The number of aromatic nitrogens is 2. The van der Waals surface area contributed by atoms with Crippen LogP contribution >= 0.6 is 11.6 Å². The minimum Gasteiger partial charge on any atom is -0.339 e. The van der Waals surface area contributed by atoms with E-state index < -0.39 is 10.0 Å². The summed E-state index contributed by atoms with van der Waals surface area (Å²) in [6.45, 7) is 2.00. The number of rotatable bonds is 6. The van der Waals surface area contributed by atoms with E-state index in [0.29, 0.717) is 34.5 Å². The first-order valence-corrected chi connectivity index (χ1v) is 11.4. The van der Waals surface area contributed by atoms with Crippen LogP contribution in [0.25, 0.3) is 11.4 Å². The van der Waals surface area contributed by atoms with Crippen LogP contribution in [0, 0.1) is 0 Å². The fourth-order valence-electron chi connectivity index (χ4n) is 3.22. The van der Waals surface area contributed by atoms with Crippen molar-refractivity contribution in [2.45, 2.75) is 19.3 Å². The van der Waals surface area contributed by atoms with Crippen LogP contribution in [0.4, 0.5) is 11.4 Å². The van der Waals surface area contributed by atoms with Gasteiger partial charge in [-0.2, -0.15) is 4.98 Å². The SMILES string of the molecule is CCS(=O)(=O)Nc1ccc(-c2noc(C3CC(=O)N(c4cccc(Cl)c4)C3)n2)cc1. The van der Waals surface area contributed by atoms with Crippen LogP contribution in [0.5, 0.6) is 0 Å². The van der Waals surface area contributed by atoms with Gasteiger partial charge < -0.3 is 9.42 Å². The molecular formula is C20H19ClN4O4S. The molecule has 10 heteroatoms. The maximum absolute atomic E-state index is 12.5. The molecule has 3 aromatic rings. The first kappa shape index (κ1) is 20.4. The predicted octanol–water partition coefficient (Wildman–Crippen LogP) is 3.67. The van der Waals surface area contributed by atoms with Crippen LogP contribution in [-0.4, -0.2) is 36.8 Å². The highest BCUT2D eigenvalue weighted by Gasteiger charge is 2.35. The second-order valence-electron chi connectivity index (χ2n) is 6.92. The van der Waals surface area contributed by atoms with Gasteiger partial charge in [0.15, 0.2) is 0 Å². The van der Waals surface area contributed by atoms with E-state index in [0.717, 1.165) is 5.69 Å². The topological polar surface area (TPSA) is 105 Å². The zero-order valence-corrected chi connectivity index (χ0v) is 17.7. The summed E-state index contributed by atoms with van der Waals surface area (Å²) in [4.78, 5) is 18.6. The molecule has 2 aromatic carbocycles. The molecule has 1 fully saturated rings. The number of nitrogens with one attached hydrogen (secondary N) is 1. The molecule has 1 unspecified atom stereocenters. The van der Waals surface area contributed by atoms with Gasteiger partial charge in [0.05, 0.1) is 11.7 Å². The number of carbonyl (C=O) groups is 1. The van der Waals surface area contributed by atoms with Gasteiger partial charge in [-0.25, -0.2) is 8.42 Å². The van der Waals surface area contributed by atoms with Crippen LogP contribution in [0.1, 0.15) is 25.2 Å². The van der Waals surface area contributed by atoms with Crippen molar-refractivity contribution in [3.63, 3.8) is 0 Å². The molecule has 2 heterocycles. The minimum atomic E-state index is -3.34. The van der Waals surface area contributed by atoms with Gasteiger partial charge in [0, 0.05) is 34.9 Å². The molecule has 0 bridgehead atoms. The molecule has 1 saturated heterocycles. The summed E-state index contributed by atoms with van der Waals surface area (Å²) in [5.74, 6) is 0.514. The Bertz CT molecular complexity index is 1180. The monoisotopic (exact) mass is 446 g/mol. The summed E-state index contributed by atoms with van der Waals surface area (Å²) in [5.41, 5.74) is 1.88. The van der Waals surface area contributed by atoms with Crippen LogP contribution in [0.3, 0.4) is 0 Å². The number of amides is 1. The maximum atomic E-state index is 12.5. The smallest absolute Gasteiger partial charge is 0.232 e. The molecule has 1 aromatic heterocycles. The van der Waals surface area contributed by atoms with E-state index in [1.807, 2.05) is 6.07 Å². The van der Waals surface area contributed by atoms with E-state index in [2.05, 4.69) is 14.9 Å². The molecule has 0 spiro atoms. The highest BCUT2D eigenvalue weighted by atomic mass is 35.5. The summed E-state index contributed by atoms with van der Waals surface area (Å²) < 4.78 is 31.2. The lowest BCUT2D eigenvalue weighted by atomic mass is 10.1. The average molecular weight is 447 g/mol. The lowest BCUT2D eigenvalue weighted by molar-refractivity contribution is -0.117. The Morgan fingerprint density at radius 1 is 1.23 bits per heavy atom. The van der Waals surface area contributed by atoms with Gasteiger partial charge in [-0.15, -0.1) is 0 Å². The highest BCUT2D eigenvalue weighted by Crippen LogP contribution is 2.33.